The fraction of sp³-hybridized carbons (Fsp3) is 0.182. The Kier molecular flexibility index (Phi) is 3.01. The van der Waals surface area contributed by atoms with Gasteiger partial charge < -0.3 is 15.0 Å². The first kappa shape index (κ1) is 10.8. The molecule has 0 aliphatic carbocycles. The van der Waals surface area contributed by atoms with Crippen LogP contribution in [-0.4, -0.2) is 11.8 Å². The number of ether oxygens (including phenoxy) is 1. The second-order valence-corrected chi connectivity index (χ2v) is 3.55. The first-order valence-corrected chi connectivity index (χ1v) is 5.24. The van der Waals surface area contributed by atoms with E-state index in [0.29, 0.717) is 17.4 Å². The number of benzene rings is 1. The number of aromatic nitrogens is 1. The van der Waals surface area contributed by atoms with Crippen molar-refractivity contribution in [3.63, 3.8) is 0 Å². The fourth-order valence-electron chi connectivity index (χ4n) is 1.34. The van der Waals surface area contributed by atoms with Crippen LogP contribution in [0, 0.1) is 0 Å². The molecule has 0 fully saturated rings. The molecule has 0 atom stereocenters. The topological polar surface area (TPSA) is 61.3 Å². The summed E-state index contributed by atoms with van der Waals surface area (Å²) in [5.41, 5.74) is 6.31. The number of hydrogen-bond donors (Lipinski definition) is 1. The zero-order valence-corrected chi connectivity index (χ0v) is 9.49. The SMILES string of the molecule is CCOc1ccc(-c2onc(N)c2Cl)cc1. The average Bonchev–Trinajstić information content (AvgIpc) is 2.62. The van der Waals surface area contributed by atoms with E-state index in [4.69, 9.17) is 26.6 Å². The lowest BCUT2D eigenvalue weighted by Crippen LogP contribution is -1.90. The number of nitrogens with zero attached hydrogens (tertiary/aromatic N) is 1. The van der Waals surface area contributed by atoms with E-state index in [1.54, 1.807) is 0 Å². The molecule has 2 aromatic rings. The van der Waals surface area contributed by atoms with Crippen molar-refractivity contribution < 1.29 is 9.26 Å². The maximum Gasteiger partial charge on any atom is 0.187 e. The molecule has 0 bridgehead atoms. The van der Waals surface area contributed by atoms with Crippen LogP contribution in [0.5, 0.6) is 5.75 Å². The molecule has 84 valence electrons. The highest BCUT2D eigenvalue weighted by Crippen LogP contribution is 2.32. The number of nitrogens with two attached hydrogens (primary N) is 1. The molecule has 2 rings (SSSR count). The van der Waals surface area contributed by atoms with E-state index in [2.05, 4.69) is 5.16 Å². The van der Waals surface area contributed by atoms with Crippen LogP contribution in [0.4, 0.5) is 5.82 Å². The molecule has 1 aromatic heterocycles. The first-order chi connectivity index (χ1) is 7.72. The zero-order valence-electron chi connectivity index (χ0n) is 8.74. The minimum atomic E-state index is 0.200. The highest BCUT2D eigenvalue weighted by Gasteiger charge is 2.13. The van der Waals surface area contributed by atoms with Gasteiger partial charge in [0.15, 0.2) is 11.6 Å². The van der Waals surface area contributed by atoms with Crippen LogP contribution in [0.15, 0.2) is 28.8 Å². The summed E-state index contributed by atoms with van der Waals surface area (Å²) in [5.74, 6) is 1.47. The van der Waals surface area contributed by atoms with E-state index in [9.17, 15) is 0 Å². The predicted molar refractivity (Wildman–Crippen MR) is 62.5 cm³/mol. The van der Waals surface area contributed by atoms with Crippen LogP contribution in [0.2, 0.25) is 5.02 Å². The molecular formula is C11H11ClN2O2. The zero-order chi connectivity index (χ0) is 11.5. The van der Waals surface area contributed by atoms with Crippen molar-refractivity contribution >= 4 is 17.4 Å². The molecule has 0 aliphatic rings. The van der Waals surface area contributed by atoms with Gasteiger partial charge in [0.1, 0.15) is 10.8 Å². The van der Waals surface area contributed by atoms with E-state index < -0.39 is 0 Å². The minimum absolute atomic E-state index is 0.200. The summed E-state index contributed by atoms with van der Waals surface area (Å²) in [7, 11) is 0. The van der Waals surface area contributed by atoms with E-state index in [1.807, 2.05) is 31.2 Å². The van der Waals surface area contributed by atoms with Crippen molar-refractivity contribution in [2.75, 3.05) is 12.3 Å². The summed E-state index contributed by atoms with van der Waals surface area (Å²) in [6.07, 6.45) is 0. The van der Waals surface area contributed by atoms with E-state index in [1.165, 1.54) is 0 Å². The van der Waals surface area contributed by atoms with Crippen molar-refractivity contribution in [3.8, 4) is 17.1 Å². The van der Waals surface area contributed by atoms with E-state index >= 15 is 0 Å². The Hall–Kier alpha value is -1.68. The van der Waals surface area contributed by atoms with Crippen LogP contribution < -0.4 is 10.5 Å². The Morgan fingerprint density at radius 2 is 2.06 bits per heavy atom. The van der Waals surface area contributed by atoms with Gasteiger partial charge in [-0.25, -0.2) is 0 Å². The summed E-state index contributed by atoms with van der Waals surface area (Å²) in [6.45, 7) is 2.57. The molecule has 0 amide bonds. The first-order valence-electron chi connectivity index (χ1n) is 4.86. The highest BCUT2D eigenvalue weighted by molar-refractivity contribution is 6.35. The standard InChI is InChI=1S/C11H11ClN2O2/c1-2-15-8-5-3-7(4-6-8)10-9(12)11(13)14-16-10/h3-6H,2H2,1H3,(H2,13,14). The molecule has 0 unspecified atom stereocenters. The Morgan fingerprint density at radius 3 is 2.56 bits per heavy atom. The molecule has 5 heteroatoms. The number of halogens is 1. The van der Waals surface area contributed by atoms with Gasteiger partial charge in [-0.05, 0) is 31.2 Å². The second kappa shape index (κ2) is 4.45. The quantitative estimate of drug-likeness (QED) is 0.893. The lowest BCUT2D eigenvalue weighted by atomic mass is 10.1. The van der Waals surface area contributed by atoms with Crippen molar-refractivity contribution in [2.45, 2.75) is 6.92 Å². The Labute approximate surface area is 97.9 Å². The van der Waals surface area contributed by atoms with E-state index in [-0.39, 0.29) is 5.82 Å². The number of rotatable bonds is 3. The molecule has 0 saturated heterocycles. The smallest absolute Gasteiger partial charge is 0.187 e. The number of hydrogen-bond acceptors (Lipinski definition) is 4. The molecule has 0 aliphatic heterocycles. The lowest BCUT2D eigenvalue weighted by Gasteiger charge is -2.02. The Balaban J connectivity index is 2.31. The molecule has 4 nitrogen and oxygen atoms in total. The van der Waals surface area contributed by atoms with Gasteiger partial charge in [0.05, 0.1) is 6.61 Å². The van der Waals surface area contributed by atoms with Gasteiger partial charge in [0.25, 0.3) is 0 Å². The predicted octanol–water partition coefficient (Wildman–Crippen LogP) is 2.98. The molecule has 2 N–H and O–H groups in total. The monoisotopic (exact) mass is 238 g/mol. The number of nitrogen functional groups attached to an aromatic ring is 1. The summed E-state index contributed by atoms with van der Waals surface area (Å²) in [4.78, 5) is 0. The van der Waals surface area contributed by atoms with Gasteiger partial charge in [-0.1, -0.05) is 16.8 Å². The minimum Gasteiger partial charge on any atom is -0.494 e. The molecule has 0 radical (unpaired) electrons. The Bertz CT molecular complexity index is 479. The Morgan fingerprint density at radius 1 is 1.38 bits per heavy atom. The van der Waals surface area contributed by atoms with Gasteiger partial charge in [-0.15, -0.1) is 0 Å². The van der Waals surface area contributed by atoms with E-state index in [0.717, 1.165) is 11.3 Å². The average molecular weight is 239 g/mol. The van der Waals surface area contributed by atoms with Gasteiger partial charge in [0, 0.05) is 5.56 Å². The van der Waals surface area contributed by atoms with Gasteiger partial charge in [-0.3, -0.25) is 0 Å². The van der Waals surface area contributed by atoms with Crippen molar-refractivity contribution in [3.05, 3.63) is 29.3 Å². The molecule has 1 heterocycles. The van der Waals surface area contributed by atoms with Crippen LogP contribution in [0.25, 0.3) is 11.3 Å². The number of anilines is 1. The fourth-order valence-corrected chi connectivity index (χ4v) is 1.52. The maximum atomic E-state index is 5.93. The third-order valence-corrected chi connectivity index (χ3v) is 2.45. The molecule has 1 aromatic carbocycles. The van der Waals surface area contributed by atoms with Crippen LogP contribution in [0.3, 0.4) is 0 Å². The lowest BCUT2D eigenvalue weighted by molar-refractivity contribution is 0.340. The van der Waals surface area contributed by atoms with Crippen LogP contribution >= 0.6 is 11.6 Å². The van der Waals surface area contributed by atoms with Crippen molar-refractivity contribution in [2.24, 2.45) is 0 Å². The molecule has 0 saturated carbocycles. The van der Waals surface area contributed by atoms with Gasteiger partial charge in [-0.2, -0.15) is 0 Å². The second-order valence-electron chi connectivity index (χ2n) is 3.17. The van der Waals surface area contributed by atoms with Crippen LogP contribution in [0.1, 0.15) is 6.92 Å². The van der Waals surface area contributed by atoms with Crippen molar-refractivity contribution in [1.29, 1.82) is 0 Å². The van der Waals surface area contributed by atoms with Gasteiger partial charge in [0.2, 0.25) is 0 Å². The molecule has 0 spiro atoms. The van der Waals surface area contributed by atoms with Crippen molar-refractivity contribution in [1.82, 2.24) is 5.16 Å². The normalized spacial score (nSPS) is 10.4. The highest BCUT2D eigenvalue weighted by atomic mass is 35.5. The summed E-state index contributed by atoms with van der Waals surface area (Å²) < 4.78 is 10.4. The molecular weight excluding hydrogens is 228 g/mol. The van der Waals surface area contributed by atoms with Crippen LogP contribution in [-0.2, 0) is 0 Å². The summed E-state index contributed by atoms with van der Waals surface area (Å²) in [5, 5.41) is 3.93. The largest absolute Gasteiger partial charge is 0.494 e. The summed E-state index contributed by atoms with van der Waals surface area (Å²) in [6, 6.07) is 7.37. The third-order valence-electron chi connectivity index (χ3n) is 2.09. The van der Waals surface area contributed by atoms with Gasteiger partial charge >= 0.3 is 0 Å². The third kappa shape index (κ3) is 1.97. The molecule has 16 heavy (non-hydrogen) atoms. The summed E-state index contributed by atoms with van der Waals surface area (Å²) >= 11 is 5.93. The maximum absolute atomic E-state index is 5.93.